The predicted molar refractivity (Wildman–Crippen MR) is 76.0 cm³/mol. The van der Waals surface area contributed by atoms with Crippen molar-refractivity contribution in [1.82, 2.24) is 14.5 Å². The summed E-state index contributed by atoms with van der Waals surface area (Å²) in [5, 5.41) is 19.6. The molecule has 4 N–H and O–H groups in total. The number of anilines is 1. The number of hydrogen-bond donors (Lipinski definition) is 3. The van der Waals surface area contributed by atoms with Gasteiger partial charge >= 0.3 is 0 Å². The molecule has 0 saturated carbocycles. The molecule has 0 spiro atoms. The molecule has 0 aliphatic carbocycles. The second kappa shape index (κ2) is 4.91. The van der Waals surface area contributed by atoms with E-state index in [9.17, 15) is 14.6 Å². The summed E-state index contributed by atoms with van der Waals surface area (Å²) in [7, 11) is 0. The summed E-state index contributed by atoms with van der Waals surface area (Å²) in [5.41, 5.74) is 4.48. The molecule has 116 valence electrons. The average molecular weight is 306 g/mol. The molecule has 22 heavy (non-hydrogen) atoms. The number of hydrogen-bond acceptors (Lipinski definition) is 6. The molecule has 0 bridgehead atoms. The van der Waals surface area contributed by atoms with Crippen LogP contribution in [0.5, 0.6) is 0 Å². The van der Waals surface area contributed by atoms with E-state index in [0.29, 0.717) is 5.82 Å². The molecular formula is C14H15FN4O3. The van der Waals surface area contributed by atoms with Gasteiger partial charge in [0.2, 0.25) is 0 Å². The standard InChI is InChI=1S/C14H15FN4O3/c1-3-14(6-20)9(21)4-10(22-14)19-5-8(15)11-12(16)17-7(2)18-13(11)19/h1,5,9-10,20-21H,4,6H2,2H3,(H2,16,17,18)/t9-,10+,14+/m0/s1. The van der Waals surface area contributed by atoms with Gasteiger partial charge in [-0.25, -0.2) is 14.4 Å². The van der Waals surface area contributed by atoms with E-state index in [0.717, 1.165) is 0 Å². The van der Waals surface area contributed by atoms with Gasteiger partial charge in [0.05, 0.1) is 12.0 Å². The number of aryl methyl sites for hydroxylation is 1. The van der Waals surface area contributed by atoms with Crippen LogP contribution >= 0.6 is 0 Å². The molecule has 1 saturated heterocycles. The third kappa shape index (κ3) is 1.94. The Hall–Kier alpha value is -2.21. The maximum Gasteiger partial charge on any atom is 0.179 e. The van der Waals surface area contributed by atoms with Crippen LogP contribution in [-0.2, 0) is 4.74 Å². The topological polar surface area (TPSA) is 106 Å². The van der Waals surface area contributed by atoms with Crippen molar-refractivity contribution in [2.75, 3.05) is 12.3 Å². The fourth-order valence-corrected chi connectivity index (χ4v) is 2.70. The quantitative estimate of drug-likeness (QED) is 0.680. The summed E-state index contributed by atoms with van der Waals surface area (Å²) in [4.78, 5) is 8.11. The average Bonchev–Trinajstić information content (AvgIpc) is 2.97. The second-order valence-electron chi connectivity index (χ2n) is 5.25. The van der Waals surface area contributed by atoms with Gasteiger partial charge in [-0.2, -0.15) is 0 Å². The van der Waals surface area contributed by atoms with Gasteiger partial charge in [-0.05, 0) is 6.92 Å². The number of halogens is 1. The zero-order valence-corrected chi connectivity index (χ0v) is 11.8. The first-order valence-corrected chi connectivity index (χ1v) is 6.66. The van der Waals surface area contributed by atoms with Crippen LogP contribution in [0.4, 0.5) is 10.2 Å². The molecule has 1 aliphatic heterocycles. The zero-order chi connectivity index (χ0) is 16.1. The van der Waals surface area contributed by atoms with Gasteiger partial charge in [-0.15, -0.1) is 6.42 Å². The molecule has 2 aromatic rings. The minimum Gasteiger partial charge on any atom is -0.392 e. The van der Waals surface area contributed by atoms with Crippen molar-refractivity contribution in [1.29, 1.82) is 0 Å². The SMILES string of the molecule is C#C[C@]1(CO)O[C@@H](n2cc(F)c3c(N)nc(C)nc32)C[C@@H]1O. The molecule has 7 nitrogen and oxygen atoms in total. The molecule has 0 amide bonds. The lowest BCUT2D eigenvalue weighted by Crippen LogP contribution is -2.41. The van der Waals surface area contributed by atoms with E-state index in [2.05, 4.69) is 15.9 Å². The van der Waals surface area contributed by atoms with Crippen LogP contribution in [0.3, 0.4) is 0 Å². The van der Waals surface area contributed by atoms with Gasteiger partial charge in [0.1, 0.15) is 24.0 Å². The first kappa shape index (κ1) is 14.7. The number of terminal acetylenes is 1. The lowest BCUT2D eigenvalue weighted by Gasteiger charge is -2.23. The molecule has 0 unspecified atom stereocenters. The molecule has 2 aromatic heterocycles. The van der Waals surface area contributed by atoms with Crippen LogP contribution in [-0.4, -0.2) is 43.1 Å². The van der Waals surface area contributed by atoms with Crippen molar-refractivity contribution < 1.29 is 19.3 Å². The summed E-state index contributed by atoms with van der Waals surface area (Å²) in [5.74, 6) is 2.09. The van der Waals surface area contributed by atoms with Crippen LogP contribution in [0.1, 0.15) is 18.5 Å². The van der Waals surface area contributed by atoms with E-state index in [1.54, 1.807) is 6.92 Å². The number of rotatable bonds is 2. The highest BCUT2D eigenvalue weighted by atomic mass is 19.1. The van der Waals surface area contributed by atoms with Crippen molar-refractivity contribution in [3.63, 3.8) is 0 Å². The first-order valence-electron chi connectivity index (χ1n) is 6.66. The molecule has 1 fully saturated rings. The Morgan fingerprint density at radius 2 is 2.36 bits per heavy atom. The van der Waals surface area contributed by atoms with Crippen molar-refractivity contribution in [2.45, 2.75) is 31.3 Å². The Balaban J connectivity index is 2.11. The Labute approximate surface area is 125 Å². The Kier molecular flexibility index (Phi) is 3.29. The minimum atomic E-state index is -1.51. The molecule has 3 atom stereocenters. The van der Waals surface area contributed by atoms with E-state index >= 15 is 0 Å². The number of aromatic nitrogens is 3. The fraction of sp³-hybridized carbons (Fsp3) is 0.429. The smallest absolute Gasteiger partial charge is 0.179 e. The highest BCUT2D eigenvalue weighted by Gasteiger charge is 2.47. The van der Waals surface area contributed by atoms with Crippen LogP contribution in [0.15, 0.2) is 6.20 Å². The Morgan fingerprint density at radius 3 is 2.95 bits per heavy atom. The predicted octanol–water partition coefficient (Wildman–Crippen LogP) is 0.105. The van der Waals surface area contributed by atoms with Crippen LogP contribution in [0.2, 0.25) is 0 Å². The highest BCUT2D eigenvalue weighted by molar-refractivity contribution is 5.87. The number of nitrogens with zero attached hydrogens (tertiary/aromatic N) is 3. The fourth-order valence-electron chi connectivity index (χ4n) is 2.70. The van der Waals surface area contributed by atoms with Crippen molar-refractivity contribution >= 4 is 16.9 Å². The third-order valence-electron chi connectivity index (χ3n) is 3.86. The van der Waals surface area contributed by atoms with Gasteiger partial charge < -0.3 is 25.3 Å². The van der Waals surface area contributed by atoms with Gasteiger partial charge in [0.25, 0.3) is 0 Å². The maximum atomic E-state index is 14.1. The van der Waals surface area contributed by atoms with Crippen LogP contribution in [0, 0.1) is 25.1 Å². The molecule has 0 aromatic carbocycles. The lowest BCUT2D eigenvalue weighted by atomic mass is 9.99. The normalized spacial score (nSPS) is 28.1. The van der Waals surface area contributed by atoms with E-state index in [-0.39, 0.29) is 23.3 Å². The summed E-state index contributed by atoms with van der Waals surface area (Å²) >= 11 is 0. The molecule has 3 rings (SSSR count). The van der Waals surface area contributed by atoms with Gasteiger partial charge in [0, 0.05) is 12.6 Å². The van der Waals surface area contributed by atoms with Crippen molar-refractivity contribution in [2.24, 2.45) is 0 Å². The molecular weight excluding hydrogens is 291 g/mol. The van der Waals surface area contributed by atoms with E-state index in [4.69, 9.17) is 16.9 Å². The van der Waals surface area contributed by atoms with Crippen molar-refractivity contribution in [3.8, 4) is 12.3 Å². The number of nitrogens with two attached hydrogens (primary N) is 1. The minimum absolute atomic E-state index is 0.0302. The number of aliphatic hydroxyl groups excluding tert-OH is 2. The zero-order valence-electron chi connectivity index (χ0n) is 11.8. The van der Waals surface area contributed by atoms with Gasteiger partial charge in [-0.3, -0.25) is 0 Å². The third-order valence-corrected chi connectivity index (χ3v) is 3.86. The van der Waals surface area contributed by atoms with Gasteiger partial charge in [0.15, 0.2) is 17.1 Å². The summed E-state index contributed by atoms with van der Waals surface area (Å²) < 4.78 is 21.1. The van der Waals surface area contributed by atoms with Gasteiger partial charge in [-0.1, -0.05) is 5.92 Å². The van der Waals surface area contributed by atoms with E-state index < -0.39 is 30.4 Å². The molecule has 3 heterocycles. The first-order chi connectivity index (χ1) is 10.4. The van der Waals surface area contributed by atoms with Crippen LogP contribution < -0.4 is 5.73 Å². The van der Waals surface area contributed by atoms with Crippen molar-refractivity contribution in [3.05, 3.63) is 17.8 Å². The Bertz CT molecular complexity index is 784. The molecule has 8 heteroatoms. The maximum absolute atomic E-state index is 14.1. The number of ether oxygens (including phenoxy) is 1. The molecule has 0 radical (unpaired) electrons. The monoisotopic (exact) mass is 306 g/mol. The number of aliphatic hydroxyl groups is 2. The molecule has 1 aliphatic rings. The number of fused-ring (bicyclic) bond motifs is 1. The van der Waals surface area contributed by atoms with E-state index in [1.807, 2.05) is 0 Å². The largest absolute Gasteiger partial charge is 0.392 e. The lowest BCUT2D eigenvalue weighted by molar-refractivity contribution is -0.0891. The summed E-state index contributed by atoms with van der Waals surface area (Å²) in [6.45, 7) is 1.09. The second-order valence-corrected chi connectivity index (χ2v) is 5.25. The van der Waals surface area contributed by atoms with E-state index in [1.165, 1.54) is 10.8 Å². The summed E-state index contributed by atoms with van der Waals surface area (Å²) in [6.07, 6.45) is 4.78. The highest BCUT2D eigenvalue weighted by Crippen LogP contribution is 2.38. The Morgan fingerprint density at radius 1 is 1.64 bits per heavy atom. The van der Waals surface area contributed by atoms with Crippen LogP contribution in [0.25, 0.3) is 11.0 Å². The summed E-state index contributed by atoms with van der Waals surface area (Å²) in [6, 6.07) is 0. The number of nitrogen functional groups attached to an aromatic ring is 1.